The lowest BCUT2D eigenvalue weighted by Gasteiger charge is -2.08. The van der Waals surface area contributed by atoms with Crippen LogP contribution < -0.4 is 4.74 Å². The molecular weight excluding hydrogens is 314 g/mol. The van der Waals surface area contributed by atoms with Crippen LogP contribution >= 0.6 is 0 Å². The van der Waals surface area contributed by atoms with Crippen molar-refractivity contribution in [1.29, 1.82) is 0 Å². The van der Waals surface area contributed by atoms with E-state index in [9.17, 15) is 19.7 Å². The van der Waals surface area contributed by atoms with E-state index in [2.05, 4.69) is 0 Å². The van der Waals surface area contributed by atoms with Crippen molar-refractivity contribution in [3.05, 3.63) is 69.3 Å². The second-order valence-electron chi connectivity index (χ2n) is 5.17. The van der Waals surface area contributed by atoms with Crippen LogP contribution in [0.15, 0.2) is 42.5 Å². The molecule has 2 aromatic carbocycles. The minimum Gasteiger partial charge on any atom is -0.489 e. The van der Waals surface area contributed by atoms with Crippen LogP contribution in [0.2, 0.25) is 0 Å². The normalized spacial score (nSPS) is 10.2. The van der Waals surface area contributed by atoms with Gasteiger partial charge in [0.05, 0.1) is 23.0 Å². The lowest BCUT2D eigenvalue weighted by molar-refractivity contribution is -0.385. The Labute approximate surface area is 137 Å². The molecule has 0 saturated carbocycles. The number of hydrogen-bond donors (Lipinski definition) is 1. The number of ether oxygens (including phenoxy) is 1. The van der Waals surface area contributed by atoms with Gasteiger partial charge in [-0.3, -0.25) is 19.7 Å². The molecule has 2 rings (SSSR count). The molecule has 0 heterocycles. The number of aliphatic carboxylic acids is 1. The number of Topliss-reactive ketones (excluding diaryl/α,β-unsaturated/α-hetero) is 1. The zero-order valence-corrected chi connectivity index (χ0v) is 12.9. The molecule has 24 heavy (non-hydrogen) atoms. The van der Waals surface area contributed by atoms with Crippen LogP contribution in [0.1, 0.15) is 28.4 Å². The summed E-state index contributed by atoms with van der Waals surface area (Å²) < 4.78 is 5.51. The van der Waals surface area contributed by atoms with Gasteiger partial charge in [0.1, 0.15) is 12.4 Å². The van der Waals surface area contributed by atoms with Crippen LogP contribution in [0.5, 0.6) is 5.75 Å². The first kappa shape index (κ1) is 17.1. The lowest BCUT2D eigenvalue weighted by atomic mass is 10.1. The van der Waals surface area contributed by atoms with Gasteiger partial charge in [-0.1, -0.05) is 24.3 Å². The fourth-order valence-electron chi connectivity index (χ4n) is 2.22. The molecule has 124 valence electrons. The van der Waals surface area contributed by atoms with E-state index in [1.165, 1.54) is 25.1 Å². The average Bonchev–Trinajstić information content (AvgIpc) is 2.52. The number of nitrogens with zero attached hydrogens (tertiary/aromatic N) is 1. The molecular formula is C17H15NO6. The van der Waals surface area contributed by atoms with E-state index in [0.717, 1.165) is 5.56 Å². The predicted octanol–water partition coefficient (Wildman–Crippen LogP) is 3.00. The Balaban J connectivity index is 2.15. The van der Waals surface area contributed by atoms with E-state index in [1.54, 1.807) is 24.3 Å². The Hall–Kier alpha value is -3.22. The zero-order valence-electron chi connectivity index (χ0n) is 12.9. The first-order chi connectivity index (χ1) is 11.4. The number of rotatable bonds is 7. The number of carboxylic acids is 1. The largest absolute Gasteiger partial charge is 0.489 e. The van der Waals surface area contributed by atoms with Crippen molar-refractivity contribution < 1.29 is 24.4 Å². The molecule has 1 N–H and O–H groups in total. The first-order valence-corrected chi connectivity index (χ1v) is 7.08. The van der Waals surface area contributed by atoms with Crippen molar-refractivity contribution in [3.8, 4) is 5.75 Å². The number of carbonyl (C=O) groups is 2. The van der Waals surface area contributed by atoms with Crippen LogP contribution in [0.4, 0.5) is 5.69 Å². The topological polar surface area (TPSA) is 107 Å². The molecule has 0 unspecified atom stereocenters. The Bertz CT molecular complexity index is 799. The number of nitro groups is 1. The highest BCUT2D eigenvalue weighted by Gasteiger charge is 2.18. The molecule has 7 nitrogen and oxygen atoms in total. The molecule has 0 atom stereocenters. The predicted molar refractivity (Wildman–Crippen MR) is 85.2 cm³/mol. The molecule has 7 heteroatoms. The van der Waals surface area contributed by atoms with Crippen LogP contribution in [0.25, 0.3) is 0 Å². The Morgan fingerprint density at radius 2 is 1.88 bits per heavy atom. The average molecular weight is 329 g/mol. The smallest absolute Gasteiger partial charge is 0.307 e. The molecule has 0 aliphatic carbocycles. The lowest BCUT2D eigenvalue weighted by Crippen LogP contribution is -2.03. The fraction of sp³-hybridized carbons (Fsp3) is 0.176. The molecule has 0 bridgehead atoms. The van der Waals surface area contributed by atoms with Crippen LogP contribution in [-0.4, -0.2) is 21.8 Å². The summed E-state index contributed by atoms with van der Waals surface area (Å²) >= 11 is 0. The third-order valence-electron chi connectivity index (χ3n) is 3.30. The Morgan fingerprint density at radius 3 is 2.50 bits per heavy atom. The van der Waals surface area contributed by atoms with Gasteiger partial charge in [-0.15, -0.1) is 0 Å². The van der Waals surface area contributed by atoms with Gasteiger partial charge in [-0.05, 0) is 30.2 Å². The molecule has 0 aliphatic heterocycles. The summed E-state index contributed by atoms with van der Waals surface area (Å²) in [6.45, 7) is 1.39. The monoisotopic (exact) mass is 329 g/mol. The maximum atomic E-state index is 11.4. The van der Waals surface area contributed by atoms with Gasteiger partial charge in [0.15, 0.2) is 5.78 Å². The number of nitro benzene ring substituents is 1. The van der Waals surface area contributed by atoms with Gasteiger partial charge < -0.3 is 9.84 Å². The van der Waals surface area contributed by atoms with Crippen molar-refractivity contribution >= 4 is 17.4 Å². The molecule has 0 saturated heterocycles. The zero-order chi connectivity index (χ0) is 17.7. The first-order valence-electron chi connectivity index (χ1n) is 7.08. The molecule has 0 radical (unpaired) electrons. The second-order valence-corrected chi connectivity index (χ2v) is 5.17. The van der Waals surface area contributed by atoms with Gasteiger partial charge in [0.25, 0.3) is 5.69 Å². The number of hydrogen-bond acceptors (Lipinski definition) is 5. The van der Waals surface area contributed by atoms with Gasteiger partial charge in [-0.25, -0.2) is 0 Å². The summed E-state index contributed by atoms with van der Waals surface area (Å²) in [5.74, 6) is -1.06. The molecule has 2 aromatic rings. The van der Waals surface area contributed by atoms with E-state index in [-0.39, 0.29) is 30.0 Å². The van der Waals surface area contributed by atoms with Gasteiger partial charge in [0.2, 0.25) is 0 Å². The van der Waals surface area contributed by atoms with E-state index in [1.807, 2.05) is 0 Å². The van der Waals surface area contributed by atoms with E-state index in [0.29, 0.717) is 5.56 Å². The third-order valence-corrected chi connectivity index (χ3v) is 3.30. The van der Waals surface area contributed by atoms with E-state index in [4.69, 9.17) is 9.84 Å². The van der Waals surface area contributed by atoms with Crippen molar-refractivity contribution in [2.45, 2.75) is 20.0 Å². The number of ketones is 1. The summed E-state index contributed by atoms with van der Waals surface area (Å²) in [6, 6.07) is 10.9. The van der Waals surface area contributed by atoms with Crippen molar-refractivity contribution in [2.24, 2.45) is 0 Å². The Kier molecular flexibility index (Phi) is 5.26. The minimum atomic E-state index is -0.927. The van der Waals surface area contributed by atoms with E-state index >= 15 is 0 Å². The third kappa shape index (κ3) is 4.39. The quantitative estimate of drug-likeness (QED) is 0.475. The molecule has 0 spiro atoms. The number of benzene rings is 2. The van der Waals surface area contributed by atoms with Crippen LogP contribution in [0.3, 0.4) is 0 Å². The summed E-state index contributed by atoms with van der Waals surface area (Å²) in [4.78, 5) is 32.5. The second kappa shape index (κ2) is 7.36. The SMILES string of the molecule is CC(=O)c1ccc(OCc2cccc(CC(=O)O)c2)cc1[N+](=O)[O-]. The molecule has 0 amide bonds. The van der Waals surface area contributed by atoms with Crippen LogP contribution in [-0.2, 0) is 17.8 Å². The highest BCUT2D eigenvalue weighted by atomic mass is 16.6. The summed E-state index contributed by atoms with van der Waals surface area (Å²) in [5, 5.41) is 19.8. The van der Waals surface area contributed by atoms with Gasteiger partial charge in [0, 0.05) is 0 Å². The number of carbonyl (C=O) groups excluding carboxylic acids is 1. The van der Waals surface area contributed by atoms with E-state index < -0.39 is 16.7 Å². The molecule has 0 fully saturated rings. The van der Waals surface area contributed by atoms with Crippen LogP contribution in [0, 0.1) is 10.1 Å². The maximum absolute atomic E-state index is 11.4. The standard InChI is InChI=1S/C17H15NO6/c1-11(19)15-6-5-14(9-16(15)18(22)23)24-10-13-4-2-3-12(7-13)8-17(20)21/h2-7,9H,8,10H2,1H3,(H,20,21). The molecule has 0 aliphatic rings. The Morgan fingerprint density at radius 1 is 1.17 bits per heavy atom. The van der Waals surface area contributed by atoms with Crippen molar-refractivity contribution in [1.82, 2.24) is 0 Å². The molecule has 0 aromatic heterocycles. The summed E-state index contributed by atoms with van der Waals surface area (Å²) in [7, 11) is 0. The van der Waals surface area contributed by atoms with Gasteiger partial charge in [-0.2, -0.15) is 0 Å². The van der Waals surface area contributed by atoms with Crippen molar-refractivity contribution in [3.63, 3.8) is 0 Å². The fourth-order valence-corrected chi connectivity index (χ4v) is 2.22. The maximum Gasteiger partial charge on any atom is 0.307 e. The minimum absolute atomic E-state index is 0.0239. The van der Waals surface area contributed by atoms with Gasteiger partial charge >= 0.3 is 5.97 Å². The summed E-state index contributed by atoms with van der Waals surface area (Å²) in [6.07, 6.45) is -0.0907. The van der Waals surface area contributed by atoms with Crippen molar-refractivity contribution in [2.75, 3.05) is 0 Å². The number of carboxylic acid groups (broad SMARTS) is 1. The highest BCUT2D eigenvalue weighted by molar-refractivity contribution is 5.98. The highest BCUT2D eigenvalue weighted by Crippen LogP contribution is 2.25. The summed E-state index contributed by atoms with van der Waals surface area (Å²) in [5.41, 5.74) is 1.10.